The Bertz CT molecular complexity index is 1050. The van der Waals surface area contributed by atoms with Crippen LogP contribution in [0.15, 0.2) is 54.0 Å². The molecule has 1 amide bonds. The summed E-state index contributed by atoms with van der Waals surface area (Å²) in [5.74, 6) is -1.84. The first-order valence-electron chi connectivity index (χ1n) is 8.92. The summed E-state index contributed by atoms with van der Waals surface area (Å²) in [4.78, 5) is 40.6. The number of amides is 1. The third-order valence-electron chi connectivity index (χ3n) is 3.91. The number of rotatable bonds is 7. The average Bonchev–Trinajstić information content (AvgIpc) is 3.17. The molecule has 0 unspecified atom stereocenters. The van der Waals surface area contributed by atoms with E-state index in [4.69, 9.17) is 21.1 Å². The molecule has 0 spiro atoms. The Hall–Kier alpha value is -3.23. The summed E-state index contributed by atoms with van der Waals surface area (Å²) in [7, 11) is 0. The molecule has 9 heteroatoms. The standard InChI is InChI=1S/C21H17ClN2O5S/c1-2-28-21(27)18-15(13-6-4-3-5-7-13)12-30-19(18)24-17(25)11-29-20(26)14-8-9-16(22)23-10-14/h3-10,12H,2,11H2,1H3,(H,24,25). The van der Waals surface area contributed by atoms with E-state index in [1.165, 1.54) is 29.7 Å². The first-order valence-corrected chi connectivity index (χ1v) is 10.2. The Kier molecular flexibility index (Phi) is 7.16. The molecule has 0 aliphatic carbocycles. The second-order valence-corrected chi connectivity index (χ2v) is 7.20. The van der Waals surface area contributed by atoms with Crippen LogP contribution in [-0.4, -0.2) is 36.0 Å². The molecular formula is C21H17ClN2O5S. The van der Waals surface area contributed by atoms with Crippen LogP contribution in [-0.2, 0) is 14.3 Å². The predicted molar refractivity (Wildman–Crippen MR) is 114 cm³/mol. The van der Waals surface area contributed by atoms with Gasteiger partial charge in [0.2, 0.25) is 0 Å². The van der Waals surface area contributed by atoms with E-state index in [-0.39, 0.29) is 22.9 Å². The zero-order chi connectivity index (χ0) is 21.5. The van der Waals surface area contributed by atoms with Gasteiger partial charge in [-0.1, -0.05) is 41.9 Å². The zero-order valence-corrected chi connectivity index (χ0v) is 17.5. The van der Waals surface area contributed by atoms with Gasteiger partial charge in [0.1, 0.15) is 15.7 Å². The van der Waals surface area contributed by atoms with Gasteiger partial charge in [-0.3, -0.25) is 4.79 Å². The Morgan fingerprint density at radius 2 is 1.83 bits per heavy atom. The summed E-state index contributed by atoms with van der Waals surface area (Å²) >= 11 is 6.87. The number of ether oxygens (including phenoxy) is 2. The SMILES string of the molecule is CCOC(=O)c1c(-c2ccccc2)csc1NC(=O)COC(=O)c1ccc(Cl)nc1. The van der Waals surface area contributed by atoms with Crippen molar-refractivity contribution in [1.29, 1.82) is 0 Å². The van der Waals surface area contributed by atoms with Crippen molar-refractivity contribution in [3.05, 3.63) is 70.3 Å². The Morgan fingerprint density at radius 1 is 1.07 bits per heavy atom. The molecule has 2 aromatic heterocycles. The van der Waals surface area contributed by atoms with E-state index in [0.717, 1.165) is 5.56 Å². The van der Waals surface area contributed by atoms with Gasteiger partial charge in [0.05, 0.1) is 12.2 Å². The van der Waals surface area contributed by atoms with Gasteiger partial charge in [0.25, 0.3) is 5.91 Å². The lowest BCUT2D eigenvalue weighted by Crippen LogP contribution is -2.21. The van der Waals surface area contributed by atoms with Crippen molar-refractivity contribution in [1.82, 2.24) is 4.98 Å². The average molecular weight is 445 g/mol. The first-order chi connectivity index (χ1) is 14.5. The predicted octanol–water partition coefficient (Wildman–Crippen LogP) is 4.44. The van der Waals surface area contributed by atoms with E-state index in [9.17, 15) is 14.4 Å². The molecule has 0 radical (unpaired) electrons. The van der Waals surface area contributed by atoms with Gasteiger partial charge >= 0.3 is 11.9 Å². The van der Waals surface area contributed by atoms with Gasteiger partial charge in [0.15, 0.2) is 6.61 Å². The van der Waals surface area contributed by atoms with Gasteiger partial charge in [-0.25, -0.2) is 14.6 Å². The molecule has 0 bridgehead atoms. The fourth-order valence-corrected chi connectivity index (χ4v) is 3.65. The molecule has 30 heavy (non-hydrogen) atoms. The normalized spacial score (nSPS) is 10.3. The highest BCUT2D eigenvalue weighted by Gasteiger charge is 2.23. The summed E-state index contributed by atoms with van der Waals surface area (Å²) < 4.78 is 10.1. The Labute approximate surface area is 181 Å². The molecule has 3 rings (SSSR count). The molecule has 0 aliphatic heterocycles. The topological polar surface area (TPSA) is 94.6 Å². The first kappa shape index (κ1) is 21.5. The largest absolute Gasteiger partial charge is 0.462 e. The van der Waals surface area contributed by atoms with Crippen LogP contribution >= 0.6 is 22.9 Å². The molecule has 7 nitrogen and oxygen atoms in total. The summed E-state index contributed by atoms with van der Waals surface area (Å²) in [6.45, 7) is 1.38. The van der Waals surface area contributed by atoms with E-state index in [0.29, 0.717) is 10.6 Å². The number of benzene rings is 1. The number of halogens is 1. The van der Waals surface area contributed by atoms with Crippen molar-refractivity contribution in [2.24, 2.45) is 0 Å². The fourth-order valence-electron chi connectivity index (χ4n) is 2.56. The molecular weight excluding hydrogens is 428 g/mol. The summed E-state index contributed by atoms with van der Waals surface area (Å²) in [6, 6.07) is 12.2. The third kappa shape index (κ3) is 5.22. The van der Waals surface area contributed by atoms with Crippen molar-refractivity contribution in [3.63, 3.8) is 0 Å². The number of esters is 2. The van der Waals surface area contributed by atoms with E-state index in [1.807, 2.05) is 30.3 Å². The molecule has 3 aromatic rings. The molecule has 0 aliphatic rings. The van der Waals surface area contributed by atoms with Gasteiger partial charge in [-0.15, -0.1) is 11.3 Å². The smallest absolute Gasteiger partial charge is 0.341 e. The molecule has 1 N–H and O–H groups in total. The van der Waals surface area contributed by atoms with Gasteiger partial charge in [0, 0.05) is 17.1 Å². The van der Waals surface area contributed by atoms with Gasteiger partial charge < -0.3 is 14.8 Å². The number of thiophene rings is 1. The summed E-state index contributed by atoms with van der Waals surface area (Å²) in [6.07, 6.45) is 1.26. The van der Waals surface area contributed by atoms with Gasteiger partial charge in [-0.05, 0) is 24.6 Å². The quantitative estimate of drug-likeness (QED) is 0.427. The molecule has 154 valence electrons. The summed E-state index contributed by atoms with van der Waals surface area (Å²) in [5, 5.41) is 4.95. The second kappa shape index (κ2) is 10.00. The highest BCUT2D eigenvalue weighted by atomic mass is 35.5. The maximum atomic E-state index is 12.5. The van der Waals surface area contributed by atoms with E-state index < -0.39 is 24.5 Å². The maximum Gasteiger partial charge on any atom is 0.341 e. The number of carbonyl (C=O) groups excluding carboxylic acids is 3. The van der Waals surface area contributed by atoms with Crippen LogP contribution in [0.1, 0.15) is 27.6 Å². The van der Waals surface area contributed by atoms with E-state index in [1.54, 1.807) is 12.3 Å². The molecule has 0 saturated heterocycles. The minimum atomic E-state index is -0.712. The highest BCUT2D eigenvalue weighted by Crippen LogP contribution is 2.36. The van der Waals surface area contributed by atoms with Crippen molar-refractivity contribution < 1.29 is 23.9 Å². The van der Waals surface area contributed by atoms with E-state index in [2.05, 4.69) is 10.3 Å². The van der Waals surface area contributed by atoms with Crippen molar-refractivity contribution in [3.8, 4) is 11.1 Å². The molecule has 2 heterocycles. The molecule has 0 saturated carbocycles. The number of nitrogens with one attached hydrogen (secondary N) is 1. The van der Waals surface area contributed by atoms with Crippen molar-refractivity contribution in [2.45, 2.75) is 6.92 Å². The van der Waals surface area contributed by atoms with Crippen LogP contribution in [0.3, 0.4) is 0 Å². The lowest BCUT2D eigenvalue weighted by molar-refractivity contribution is -0.119. The lowest BCUT2D eigenvalue weighted by atomic mass is 10.0. The number of hydrogen-bond acceptors (Lipinski definition) is 7. The number of hydrogen-bond donors (Lipinski definition) is 1. The highest BCUT2D eigenvalue weighted by molar-refractivity contribution is 7.15. The van der Waals surface area contributed by atoms with Crippen LogP contribution in [0.5, 0.6) is 0 Å². The number of pyridine rings is 1. The molecule has 1 aromatic carbocycles. The minimum absolute atomic E-state index is 0.168. The fraction of sp³-hybridized carbons (Fsp3) is 0.143. The minimum Gasteiger partial charge on any atom is -0.462 e. The lowest BCUT2D eigenvalue weighted by Gasteiger charge is -2.09. The number of anilines is 1. The van der Waals surface area contributed by atoms with Crippen LogP contribution in [0.2, 0.25) is 5.15 Å². The third-order valence-corrected chi connectivity index (χ3v) is 5.02. The Balaban J connectivity index is 1.73. The number of carbonyl (C=O) groups is 3. The van der Waals surface area contributed by atoms with Crippen LogP contribution in [0.25, 0.3) is 11.1 Å². The Morgan fingerprint density at radius 3 is 2.50 bits per heavy atom. The van der Waals surface area contributed by atoms with Crippen LogP contribution in [0, 0.1) is 0 Å². The van der Waals surface area contributed by atoms with Crippen LogP contribution in [0.4, 0.5) is 5.00 Å². The van der Waals surface area contributed by atoms with E-state index >= 15 is 0 Å². The monoisotopic (exact) mass is 444 g/mol. The van der Waals surface area contributed by atoms with Crippen LogP contribution < -0.4 is 5.32 Å². The molecule has 0 atom stereocenters. The van der Waals surface area contributed by atoms with Crippen molar-refractivity contribution >= 4 is 45.8 Å². The maximum absolute atomic E-state index is 12.5. The summed E-state index contributed by atoms with van der Waals surface area (Å²) in [5.41, 5.74) is 1.90. The number of nitrogens with zero attached hydrogens (tertiary/aromatic N) is 1. The second-order valence-electron chi connectivity index (χ2n) is 5.93. The molecule has 0 fully saturated rings. The van der Waals surface area contributed by atoms with Crippen molar-refractivity contribution in [2.75, 3.05) is 18.5 Å². The zero-order valence-electron chi connectivity index (χ0n) is 15.9. The van der Waals surface area contributed by atoms with Gasteiger partial charge in [-0.2, -0.15) is 0 Å². The number of aromatic nitrogens is 1.